The molecule has 2 unspecified atom stereocenters. The van der Waals surface area contributed by atoms with Crippen molar-refractivity contribution in [3.05, 3.63) is 0 Å². The molecule has 5 nitrogen and oxygen atoms in total. The highest BCUT2D eigenvalue weighted by Crippen LogP contribution is 2.49. The zero-order valence-corrected chi connectivity index (χ0v) is 11.6. The van der Waals surface area contributed by atoms with Gasteiger partial charge in [0.2, 0.25) is 0 Å². The summed E-state index contributed by atoms with van der Waals surface area (Å²) < 4.78 is 38.5. The van der Waals surface area contributed by atoms with Crippen LogP contribution in [0.15, 0.2) is 0 Å². The third-order valence-electron chi connectivity index (χ3n) is 3.60. The summed E-state index contributed by atoms with van der Waals surface area (Å²) in [4.78, 5) is 24.2. The number of hydrogen-bond acceptors (Lipinski definition) is 3. The Bertz CT molecular complexity index is 426. The minimum atomic E-state index is -4.50. The number of hydrogen-bond donors (Lipinski definition) is 2. The van der Waals surface area contributed by atoms with Crippen molar-refractivity contribution in [1.82, 2.24) is 10.2 Å². The summed E-state index contributed by atoms with van der Waals surface area (Å²) in [6.07, 6.45) is -4.33. The number of nitrogens with one attached hydrogen (secondary N) is 1. The highest BCUT2D eigenvalue weighted by Gasteiger charge is 2.65. The first kappa shape index (κ1) is 15.3. The first-order valence-electron chi connectivity index (χ1n) is 6.23. The Kier molecular flexibility index (Phi) is 3.83. The molecule has 2 rings (SSSR count). The van der Waals surface area contributed by atoms with Gasteiger partial charge >= 0.3 is 18.2 Å². The standard InChI is InChI=1S/C11H15F3N2O3S/c1-2-7-16(6(5-20-7)8(17)18)9(19)15-10(3-4-10)11(12,13)14/h6-7H,2-5H2,1H3,(H,15,19)(H,17,18). The van der Waals surface area contributed by atoms with E-state index in [4.69, 9.17) is 5.11 Å². The van der Waals surface area contributed by atoms with Crippen molar-refractivity contribution in [3.8, 4) is 0 Å². The topological polar surface area (TPSA) is 69.6 Å². The lowest BCUT2D eigenvalue weighted by atomic mass is 10.2. The van der Waals surface area contributed by atoms with Crippen LogP contribution in [-0.2, 0) is 4.79 Å². The fourth-order valence-electron chi connectivity index (χ4n) is 2.21. The molecular weight excluding hydrogens is 297 g/mol. The van der Waals surface area contributed by atoms with Gasteiger partial charge in [0.1, 0.15) is 11.6 Å². The van der Waals surface area contributed by atoms with Gasteiger partial charge in [-0.3, -0.25) is 4.90 Å². The summed E-state index contributed by atoms with van der Waals surface area (Å²) in [6.45, 7) is 1.76. The number of amides is 2. The van der Waals surface area contributed by atoms with Crippen molar-refractivity contribution >= 4 is 23.8 Å². The fourth-order valence-corrected chi connectivity index (χ4v) is 3.56. The second-order valence-corrected chi connectivity index (χ2v) is 6.18. The van der Waals surface area contributed by atoms with Gasteiger partial charge in [-0.2, -0.15) is 13.2 Å². The van der Waals surface area contributed by atoms with Crippen LogP contribution in [0.5, 0.6) is 0 Å². The monoisotopic (exact) mass is 312 g/mol. The summed E-state index contributed by atoms with van der Waals surface area (Å²) in [6, 6.07) is -2.02. The molecule has 2 amide bonds. The van der Waals surface area contributed by atoms with Crippen LogP contribution >= 0.6 is 11.8 Å². The maximum absolute atomic E-state index is 12.8. The third-order valence-corrected chi connectivity index (χ3v) is 5.05. The van der Waals surface area contributed by atoms with E-state index < -0.39 is 35.1 Å². The Hall–Kier alpha value is -1.12. The third kappa shape index (κ3) is 2.55. The molecule has 1 saturated carbocycles. The van der Waals surface area contributed by atoms with Gasteiger partial charge in [-0.05, 0) is 19.3 Å². The van der Waals surface area contributed by atoms with Crippen molar-refractivity contribution in [2.75, 3.05) is 5.75 Å². The van der Waals surface area contributed by atoms with E-state index in [-0.39, 0.29) is 18.6 Å². The SMILES string of the molecule is CCC1SCC(C(=O)O)N1C(=O)NC1(C(F)(F)F)CC1. The van der Waals surface area contributed by atoms with Crippen LogP contribution in [0.4, 0.5) is 18.0 Å². The highest BCUT2D eigenvalue weighted by molar-refractivity contribution is 8.00. The first-order chi connectivity index (χ1) is 9.22. The average molecular weight is 312 g/mol. The molecule has 0 aromatic carbocycles. The predicted octanol–water partition coefficient (Wildman–Crippen LogP) is 2.03. The fraction of sp³-hybridized carbons (Fsp3) is 0.818. The van der Waals surface area contributed by atoms with Crippen LogP contribution in [0.2, 0.25) is 0 Å². The number of carboxylic acid groups (broad SMARTS) is 1. The number of carbonyl (C=O) groups is 2. The molecule has 2 N–H and O–H groups in total. The Balaban J connectivity index is 2.12. The van der Waals surface area contributed by atoms with E-state index in [9.17, 15) is 22.8 Å². The second kappa shape index (κ2) is 5.01. The quantitative estimate of drug-likeness (QED) is 0.836. The normalized spacial score (nSPS) is 28.3. The summed E-state index contributed by atoms with van der Waals surface area (Å²) in [5, 5.41) is 10.6. The Morgan fingerprint density at radius 3 is 2.45 bits per heavy atom. The molecule has 1 aliphatic heterocycles. The highest BCUT2D eigenvalue weighted by atomic mass is 32.2. The number of aliphatic carboxylic acids is 1. The Labute approximate surface area is 117 Å². The zero-order valence-electron chi connectivity index (χ0n) is 10.7. The van der Waals surface area contributed by atoms with E-state index in [1.807, 2.05) is 5.32 Å². The van der Waals surface area contributed by atoms with Crippen LogP contribution in [0.3, 0.4) is 0 Å². The molecular formula is C11H15F3N2O3S. The molecule has 2 fully saturated rings. The number of carbonyl (C=O) groups excluding carboxylic acids is 1. The molecule has 20 heavy (non-hydrogen) atoms. The Morgan fingerprint density at radius 2 is 2.05 bits per heavy atom. The van der Waals surface area contributed by atoms with Crippen molar-refractivity contribution in [2.45, 2.75) is 49.3 Å². The maximum Gasteiger partial charge on any atom is 0.411 e. The van der Waals surface area contributed by atoms with E-state index in [0.29, 0.717) is 6.42 Å². The molecule has 1 saturated heterocycles. The number of thioether (sulfide) groups is 1. The van der Waals surface area contributed by atoms with Crippen molar-refractivity contribution in [3.63, 3.8) is 0 Å². The molecule has 0 aromatic rings. The van der Waals surface area contributed by atoms with E-state index >= 15 is 0 Å². The minimum absolute atomic E-state index is 0.155. The van der Waals surface area contributed by atoms with Gasteiger partial charge in [0.05, 0.1) is 5.37 Å². The van der Waals surface area contributed by atoms with Crippen LogP contribution in [-0.4, -0.2) is 50.9 Å². The Morgan fingerprint density at radius 1 is 1.45 bits per heavy atom. The van der Waals surface area contributed by atoms with Gasteiger partial charge in [0.25, 0.3) is 0 Å². The summed E-state index contributed by atoms with van der Waals surface area (Å²) in [5.74, 6) is -0.999. The van der Waals surface area contributed by atoms with Gasteiger partial charge in [0, 0.05) is 5.75 Å². The number of alkyl halides is 3. The van der Waals surface area contributed by atoms with Gasteiger partial charge in [0.15, 0.2) is 0 Å². The largest absolute Gasteiger partial charge is 0.480 e. The lowest BCUT2D eigenvalue weighted by Gasteiger charge is -2.30. The van der Waals surface area contributed by atoms with E-state index in [2.05, 4.69) is 0 Å². The molecule has 1 aliphatic carbocycles. The minimum Gasteiger partial charge on any atom is -0.480 e. The van der Waals surface area contributed by atoms with Crippen LogP contribution in [0.1, 0.15) is 26.2 Å². The van der Waals surface area contributed by atoms with E-state index in [0.717, 1.165) is 4.90 Å². The van der Waals surface area contributed by atoms with Gasteiger partial charge in [-0.15, -0.1) is 11.8 Å². The zero-order chi connectivity index (χ0) is 15.1. The van der Waals surface area contributed by atoms with E-state index in [1.54, 1.807) is 6.92 Å². The summed E-state index contributed by atoms with van der Waals surface area (Å²) in [7, 11) is 0. The number of nitrogens with zero attached hydrogens (tertiary/aromatic N) is 1. The van der Waals surface area contributed by atoms with Crippen LogP contribution in [0, 0.1) is 0 Å². The number of urea groups is 1. The molecule has 0 radical (unpaired) electrons. The molecule has 1 heterocycles. The molecule has 0 bridgehead atoms. The van der Waals surface area contributed by atoms with Crippen molar-refractivity contribution in [1.29, 1.82) is 0 Å². The molecule has 2 aliphatic rings. The summed E-state index contributed by atoms with van der Waals surface area (Å²) in [5.41, 5.74) is -2.17. The number of rotatable bonds is 3. The van der Waals surface area contributed by atoms with Gasteiger partial charge < -0.3 is 10.4 Å². The first-order valence-corrected chi connectivity index (χ1v) is 7.28. The molecule has 0 aromatic heterocycles. The maximum atomic E-state index is 12.8. The van der Waals surface area contributed by atoms with E-state index in [1.165, 1.54) is 11.8 Å². The summed E-state index contributed by atoms with van der Waals surface area (Å²) >= 11 is 1.27. The van der Waals surface area contributed by atoms with Crippen LogP contribution in [0.25, 0.3) is 0 Å². The number of carboxylic acids is 1. The molecule has 2 atom stereocenters. The van der Waals surface area contributed by atoms with Gasteiger partial charge in [-0.25, -0.2) is 9.59 Å². The average Bonchev–Trinajstić information content (AvgIpc) is 2.99. The molecule has 114 valence electrons. The molecule has 9 heteroatoms. The smallest absolute Gasteiger partial charge is 0.411 e. The van der Waals surface area contributed by atoms with Crippen molar-refractivity contribution in [2.24, 2.45) is 0 Å². The van der Waals surface area contributed by atoms with Crippen molar-refractivity contribution < 1.29 is 27.9 Å². The lowest BCUT2D eigenvalue weighted by molar-refractivity contribution is -0.163. The second-order valence-electron chi connectivity index (χ2n) is 4.97. The lowest BCUT2D eigenvalue weighted by Crippen LogP contribution is -2.56. The van der Waals surface area contributed by atoms with Gasteiger partial charge in [-0.1, -0.05) is 6.92 Å². The van der Waals surface area contributed by atoms with Crippen LogP contribution < -0.4 is 5.32 Å². The predicted molar refractivity (Wildman–Crippen MR) is 66.4 cm³/mol. The number of halogens is 3. The molecule has 0 spiro atoms.